The summed E-state index contributed by atoms with van der Waals surface area (Å²) in [6.45, 7) is 12.5. The van der Waals surface area contributed by atoms with E-state index in [9.17, 15) is 4.79 Å². The normalized spacial score (nSPS) is 20.1. The van der Waals surface area contributed by atoms with E-state index in [1.54, 1.807) is 0 Å². The molecule has 0 unspecified atom stereocenters. The van der Waals surface area contributed by atoms with E-state index < -0.39 is 0 Å². The van der Waals surface area contributed by atoms with E-state index >= 15 is 0 Å². The molecule has 1 N–H and O–H groups in total. The Morgan fingerprint density at radius 1 is 1.15 bits per heavy atom. The molecule has 1 saturated heterocycles. The summed E-state index contributed by atoms with van der Waals surface area (Å²) in [6.07, 6.45) is 4.47. The van der Waals surface area contributed by atoms with Gasteiger partial charge in [-0.2, -0.15) is 0 Å². The van der Waals surface area contributed by atoms with E-state index in [0.717, 1.165) is 32.5 Å². The molecule has 1 aromatic carbocycles. The number of nitrogens with zero attached hydrogens (tertiary/aromatic N) is 1. The van der Waals surface area contributed by atoms with Crippen molar-refractivity contribution in [3.8, 4) is 0 Å². The molecule has 4 nitrogen and oxygen atoms in total. The minimum atomic E-state index is -0.245. The summed E-state index contributed by atoms with van der Waals surface area (Å²) in [4.78, 5) is 14.4. The first-order chi connectivity index (χ1) is 12.8. The summed E-state index contributed by atoms with van der Waals surface area (Å²) in [7, 11) is 0. The lowest BCUT2D eigenvalue weighted by atomic mass is 9.60. The zero-order chi connectivity index (χ0) is 19.4. The van der Waals surface area contributed by atoms with Crippen LogP contribution in [0.3, 0.4) is 0 Å². The number of alkyl carbamates (subject to hydrolysis) is 1. The Bertz CT molecular complexity index is 608. The van der Waals surface area contributed by atoms with Crippen LogP contribution in [0.4, 0.5) is 4.79 Å². The third-order valence-electron chi connectivity index (χ3n) is 6.20. The van der Waals surface area contributed by atoms with Crippen LogP contribution in [0.2, 0.25) is 0 Å². The number of hydrogen-bond donors (Lipinski definition) is 1. The minimum absolute atomic E-state index is 0.245. The third-order valence-corrected chi connectivity index (χ3v) is 6.20. The molecule has 1 saturated carbocycles. The lowest BCUT2D eigenvalue weighted by Crippen LogP contribution is -2.54. The maximum atomic E-state index is 11.8. The standard InChI is InChI=1S/C23H36N2O2/c1-17(2)16-27-22(26)24-21-13-23(14-21)9-11-25(12-10-23)15-19-5-7-20(8-6-19)18(3)4/h5-8,17-18,21H,9-16H2,1-4H3,(H,24,26). The summed E-state index contributed by atoms with van der Waals surface area (Å²) in [5, 5.41) is 3.03. The first-order valence-corrected chi connectivity index (χ1v) is 10.6. The topological polar surface area (TPSA) is 41.6 Å². The molecule has 3 rings (SSSR count). The van der Waals surface area contributed by atoms with E-state index in [1.165, 1.54) is 24.0 Å². The minimum Gasteiger partial charge on any atom is -0.449 e. The average Bonchev–Trinajstić information content (AvgIpc) is 2.61. The zero-order valence-corrected chi connectivity index (χ0v) is 17.5. The van der Waals surface area contributed by atoms with Crippen LogP contribution in [0.1, 0.15) is 70.4 Å². The molecule has 1 amide bonds. The maximum Gasteiger partial charge on any atom is 0.407 e. The Balaban J connectivity index is 1.38. The number of carbonyl (C=O) groups excluding carboxylic acids is 1. The molecule has 1 heterocycles. The number of nitrogens with one attached hydrogen (secondary N) is 1. The molecule has 0 atom stereocenters. The highest BCUT2D eigenvalue weighted by molar-refractivity contribution is 5.67. The SMILES string of the molecule is CC(C)COC(=O)NC1CC2(CCN(Cc3ccc(C(C)C)cc3)CC2)C1. The molecule has 1 aromatic rings. The molecule has 150 valence electrons. The lowest BCUT2D eigenvalue weighted by molar-refractivity contribution is 0.00289. The molecule has 1 aliphatic carbocycles. The monoisotopic (exact) mass is 372 g/mol. The van der Waals surface area contributed by atoms with Crippen molar-refractivity contribution in [3.63, 3.8) is 0 Å². The molecule has 27 heavy (non-hydrogen) atoms. The van der Waals surface area contributed by atoms with Gasteiger partial charge in [-0.05, 0) is 67.2 Å². The van der Waals surface area contributed by atoms with Gasteiger partial charge in [-0.15, -0.1) is 0 Å². The first kappa shape index (κ1) is 20.2. The number of carbonyl (C=O) groups is 1. The van der Waals surface area contributed by atoms with Crippen LogP contribution < -0.4 is 5.32 Å². The molecular weight excluding hydrogens is 336 g/mol. The van der Waals surface area contributed by atoms with Gasteiger partial charge in [0.2, 0.25) is 0 Å². The highest BCUT2D eigenvalue weighted by atomic mass is 16.5. The fourth-order valence-electron chi connectivity index (χ4n) is 4.40. The first-order valence-electron chi connectivity index (χ1n) is 10.6. The van der Waals surface area contributed by atoms with Crippen molar-refractivity contribution in [3.05, 3.63) is 35.4 Å². The third kappa shape index (κ3) is 5.47. The van der Waals surface area contributed by atoms with Crippen molar-refractivity contribution < 1.29 is 9.53 Å². The Labute approximate surface area is 164 Å². The number of ether oxygens (including phenoxy) is 1. The van der Waals surface area contributed by atoms with E-state index in [4.69, 9.17) is 4.74 Å². The quantitative estimate of drug-likeness (QED) is 0.769. The summed E-state index contributed by atoms with van der Waals surface area (Å²) >= 11 is 0. The molecule has 2 fully saturated rings. The maximum absolute atomic E-state index is 11.8. The van der Waals surface area contributed by atoms with Gasteiger partial charge in [-0.1, -0.05) is 52.0 Å². The Hall–Kier alpha value is -1.55. The van der Waals surface area contributed by atoms with Crippen LogP contribution in [-0.4, -0.2) is 36.7 Å². The number of likely N-dealkylation sites (tertiary alicyclic amines) is 1. The lowest BCUT2D eigenvalue weighted by Gasteiger charge is -2.52. The second kappa shape index (κ2) is 8.64. The number of benzene rings is 1. The van der Waals surface area contributed by atoms with Gasteiger partial charge in [0.05, 0.1) is 6.61 Å². The zero-order valence-electron chi connectivity index (χ0n) is 17.5. The summed E-state index contributed by atoms with van der Waals surface area (Å²) in [5.74, 6) is 0.978. The second-order valence-corrected chi connectivity index (χ2v) is 9.41. The van der Waals surface area contributed by atoms with Gasteiger partial charge in [0.15, 0.2) is 0 Å². The van der Waals surface area contributed by atoms with E-state index in [0.29, 0.717) is 29.9 Å². The molecule has 0 aromatic heterocycles. The van der Waals surface area contributed by atoms with Gasteiger partial charge in [-0.25, -0.2) is 4.79 Å². The summed E-state index contributed by atoms with van der Waals surface area (Å²) in [6, 6.07) is 9.41. The average molecular weight is 373 g/mol. The highest BCUT2D eigenvalue weighted by Gasteiger charge is 2.46. The molecule has 0 radical (unpaired) electrons. The van der Waals surface area contributed by atoms with Crippen LogP contribution >= 0.6 is 0 Å². The predicted octanol–water partition coefficient (Wildman–Crippen LogP) is 4.94. The number of hydrogen-bond acceptors (Lipinski definition) is 3. The molecule has 4 heteroatoms. The molecule has 0 bridgehead atoms. The summed E-state index contributed by atoms with van der Waals surface area (Å²) < 4.78 is 5.23. The molecular formula is C23H36N2O2. The molecule has 2 aliphatic rings. The van der Waals surface area contributed by atoms with Crippen molar-refractivity contribution in [2.75, 3.05) is 19.7 Å². The van der Waals surface area contributed by atoms with Gasteiger partial charge in [-0.3, -0.25) is 4.90 Å². The van der Waals surface area contributed by atoms with Crippen molar-refractivity contribution in [1.29, 1.82) is 0 Å². The van der Waals surface area contributed by atoms with Crippen LogP contribution in [-0.2, 0) is 11.3 Å². The fraction of sp³-hybridized carbons (Fsp3) is 0.696. The summed E-state index contributed by atoms with van der Waals surface area (Å²) in [5.41, 5.74) is 3.28. The van der Waals surface area contributed by atoms with Crippen molar-refractivity contribution in [2.24, 2.45) is 11.3 Å². The molecule has 1 aliphatic heterocycles. The van der Waals surface area contributed by atoms with Crippen molar-refractivity contribution >= 4 is 6.09 Å². The molecule has 1 spiro atoms. The Morgan fingerprint density at radius 3 is 2.33 bits per heavy atom. The van der Waals surface area contributed by atoms with Crippen LogP contribution in [0, 0.1) is 11.3 Å². The number of piperidine rings is 1. The largest absolute Gasteiger partial charge is 0.449 e. The van der Waals surface area contributed by atoms with Gasteiger partial charge < -0.3 is 10.1 Å². The smallest absolute Gasteiger partial charge is 0.407 e. The van der Waals surface area contributed by atoms with Gasteiger partial charge in [0, 0.05) is 12.6 Å². The van der Waals surface area contributed by atoms with E-state index in [1.807, 2.05) is 0 Å². The van der Waals surface area contributed by atoms with Gasteiger partial charge >= 0.3 is 6.09 Å². The van der Waals surface area contributed by atoms with Crippen LogP contribution in [0.5, 0.6) is 0 Å². The predicted molar refractivity (Wildman–Crippen MR) is 110 cm³/mol. The van der Waals surface area contributed by atoms with Gasteiger partial charge in [0.1, 0.15) is 0 Å². The van der Waals surface area contributed by atoms with E-state index in [-0.39, 0.29) is 6.09 Å². The van der Waals surface area contributed by atoms with Crippen molar-refractivity contribution in [1.82, 2.24) is 10.2 Å². The highest BCUT2D eigenvalue weighted by Crippen LogP contribution is 2.49. The Morgan fingerprint density at radius 2 is 1.78 bits per heavy atom. The number of rotatable bonds is 6. The van der Waals surface area contributed by atoms with Gasteiger partial charge in [0.25, 0.3) is 0 Å². The fourth-order valence-corrected chi connectivity index (χ4v) is 4.40. The Kier molecular flexibility index (Phi) is 6.46. The number of amides is 1. The van der Waals surface area contributed by atoms with Crippen LogP contribution in [0.15, 0.2) is 24.3 Å². The second-order valence-electron chi connectivity index (χ2n) is 9.41. The van der Waals surface area contributed by atoms with E-state index in [2.05, 4.69) is 62.2 Å². The van der Waals surface area contributed by atoms with Crippen LogP contribution in [0.25, 0.3) is 0 Å². The van der Waals surface area contributed by atoms with Crippen molar-refractivity contribution in [2.45, 2.75) is 71.9 Å².